The highest BCUT2D eigenvalue weighted by Gasteiger charge is 2.63. The van der Waals surface area contributed by atoms with Gasteiger partial charge in [0.1, 0.15) is 0 Å². The standard InChI is InChI=1S/C26H43NO3/c1-5-6-7-16(2)18-8-9-19-24-17(15-23(29)30)14-21-26(4,13-11-22(28)27-21)20(24)10-12-25(18,19)3/h16-21,24H,5-15H2,1-4H3,(H,27,28)(H,29,30)/t16?,17?,18?,19?,20?,21?,24?,25-,26-/m1/s1. The summed E-state index contributed by atoms with van der Waals surface area (Å²) in [7, 11) is 0. The number of hydrogen-bond donors (Lipinski definition) is 2. The summed E-state index contributed by atoms with van der Waals surface area (Å²) in [6, 6.07) is 0.161. The molecule has 3 saturated carbocycles. The summed E-state index contributed by atoms with van der Waals surface area (Å²) in [6.07, 6.45) is 11.8. The molecule has 1 saturated heterocycles. The van der Waals surface area contributed by atoms with Gasteiger partial charge in [0, 0.05) is 18.9 Å². The van der Waals surface area contributed by atoms with E-state index < -0.39 is 5.97 Å². The molecule has 4 aliphatic rings. The number of carbonyl (C=O) groups excluding carboxylic acids is 1. The summed E-state index contributed by atoms with van der Waals surface area (Å²) in [5.74, 6) is 3.00. The number of aliphatic carboxylic acids is 1. The molecule has 0 aromatic carbocycles. The maximum Gasteiger partial charge on any atom is 0.303 e. The van der Waals surface area contributed by atoms with Gasteiger partial charge in [0.2, 0.25) is 5.91 Å². The summed E-state index contributed by atoms with van der Waals surface area (Å²) in [5, 5.41) is 13.0. The van der Waals surface area contributed by atoms with Gasteiger partial charge < -0.3 is 10.4 Å². The Kier molecular flexibility index (Phi) is 6.00. The third-order valence-corrected chi connectivity index (χ3v) is 10.5. The fourth-order valence-electron chi connectivity index (χ4n) is 8.99. The van der Waals surface area contributed by atoms with Crippen molar-refractivity contribution in [1.82, 2.24) is 5.32 Å². The first kappa shape index (κ1) is 22.1. The van der Waals surface area contributed by atoms with Gasteiger partial charge in [0.15, 0.2) is 0 Å². The monoisotopic (exact) mass is 417 g/mol. The second kappa shape index (κ2) is 8.13. The molecule has 0 aromatic rings. The van der Waals surface area contributed by atoms with Crippen molar-refractivity contribution in [2.45, 2.75) is 104 Å². The maximum atomic E-state index is 12.2. The minimum atomic E-state index is -0.664. The Morgan fingerprint density at radius 1 is 1.17 bits per heavy atom. The third-order valence-electron chi connectivity index (χ3n) is 10.5. The average Bonchev–Trinajstić information content (AvgIpc) is 3.04. The molecule has 0 bridgehead atoms. The molecule has 9 atom stereocenters. The van der Waals surface area contributed by atoms with Crippen molar-refractivity contribution in [3.8, 4) is 0 Å². The Balaban J connectivity index is 1.64. The minimum Gasteiger partial charge on any atom is -0.481 e. The lowest BCUT2D eigenvalue weighted by Gasteiger charge is -2.62. The highest BCUT2D eigenvalue weighted by molar-refractivity contribution is 5.77. The fraction of sp³-hybridized carbons (Fsp3) is 0.923. The van der Waals surface area contributed by atoms with Gasteiger partial charge in [0.25, 0.3) is 0 Å². The Bertz CT molecular complexity index is 677. The number of fused-ring (bicyclic) bond motifs is 5. The highest BCUT2D eigenvalue weighted by atomic mass is 16.4. The molecule has 4 heteroatoms. The van der Waals surface area contributed by atoms with Crippen LogP contribution in [0.25, 0.3) is 0 Å². The number of unbranched alkanes of at least 4 members (excludes halogenated alkanes) is 1. The van der Waals surface area contributed by atoms with E-state index in [0.717, 1.165) is 24.7 Å². The molecule has 7 unspecified atom stereocenters. The van der Waals surface area contributed by atoms with Crippen LogP contribution in [0.3, 0.4) is 0 Å². The van der Waals surface area contributed by atoms with Gasteiger partial charge in [-0.2, -0.15) is 0 Å². The SMILES string of the molecule is CCCCC(C)C1CCC2C3C(CC(=O)O)CC4NC(=O)CC[C@]4(C)C3CC[C@]12C. The summed E-state index contributed by atoms with van der Waals surface area (Å²) in [5.41, 5.74) is 0.507. The number of amides is 1. The Labute approximate surface area is 183 Å². The summed E-state index contributed by atoms with van der Waals surface area (Å²) in [6.45, 7) is 9.73. The lowest BCUT2D eigenvalue weighted by molar-refractivity contribution is -0.154. The van der Waals surface area contributed by atoms with Crippen LogP contribution in [0.2, 0.25) is 0 Å². The zero-order valence-electron chi connectivity index (χ0n) is 19.6. The van der Waals surface area contributed by atoms with Gasteiger partial charge in [-0.3, -0.25) is 9.59 Å². The van der Waals surface area contributed by atoms with Gasteiger partial charge in [-0.05, 0) is 84.9 Å². The molecule has 0 radical (unpaired) electrons. The van der Waals surface area contributed by atoms with E-state index >= 15 is 0 Å². The molecule has 4 nitrogen and oxygen atoms in total. The van der Waals surface area contributed by atoms with Crippen LogP contribution in [-0.4, -0.2) is 23.0 Å². The topological polar surface area (TPSA) is 66.4 Å². The van der Waals surface area contributed by atoms with Crippen LogP contribution in [-0.2, 0) is 9.59 Å². The predicted octanol–water partition coefficient (Wildman–Crippen LogP) is 5.65. The number of nitrogens with one attached hydrogen (secondary N) is 1. The number of hydrogen-bond acceptors (Lipinski definition) is 2. The summed E-state index contributed by atoms with van der Waals surface area (Å²) in [4.78, 5) is 24.0. The van der Waals surface area contributed by atoms with Crippen LogP contribution in [0, 0.1) is 46.3 Å². The maximum absolute atomic E-state index is 12.2. The van der Waals surface area contributed by atoms with E-state index in [4.69, 9.17) is 0 Å². The van der Waals surface area contributed by atoms with Crippen molar-refractivity contribution in [1.29, 1.82) is 0 Å². The molecule has 0 aromatic heterocycles. The van der Waals surface area contributed by atoms with E-state index in [9.17, 15) is 14.7 Å². The van der Waals surface area contributed by atoms with Crippen molar-refractivity contribution >= 4 is 11.9 Å². The van der Waals surface area contributed by atoms with Gasteiger partial charge in [-0.1, -0.05) is 47.0 Å². The van der Waals surface area contributed by atoms with Crippen molar-refractivity contribution in [3.63, 3.8) is 0 Å². The van der Waals surface area contributed by atoms with E-state index in [-0.39, 0.29) is 29.7 Å². The van der Waals surface area contributed by atoms with Gasteiger partial charge in [-0.25, -0.2) is 0 Å². The second-order valence-corrected chi connectivity index (χ2v) is 11.9. The number of carboxylic acid groups (broad SMARTS) is 1. The Hall–Kier alpha value is -1.06. The van der Waals surface area contributed by atoms with Crippen LogP contribution in [0.1, 0.15) is 98.3 Å². The van der Waals surface area contributed by atoms with Gasteiger partial charge >= 0.3 is 5.97 Å². The Morgan fingerprint density at radius 3 is 2.60 bits per heavy atom. The van der Waals surface area contributed by atoms with Crippen LogP contribution in [0.4, 0.5) is 0 Å². The van der Waals surface area contributed by atoms with Crippen LogP contribution >= 0.6 is 0 Å². The molecule has 1 aliphatic heterocycles. The molecule has 1 amide bonds. The van der Waals surface area contributed by atoms with E-state index in [1.54, 1.807) is 0 Å². The average molecular weight is 418 g/mol. The summed E-state index contributed by atoms with van der Waals surface area (Å²) >= 11 is 0. The molecule has 30 heavy (non-hydrogen) atoms. The first-order valence-electron chi connectivity index (χ1n) is 12.7. The molecule has 3 aliphatic carbocycles. The largest absolute Gasteiger partial charge is 0.481 e. The lowest BCUT2D eigenvalue weighted by Crippen LogP contribution is -2.63. The molecule has 4 rings (SSSR count). The van der Waals surface area contributed by atoms with E-state index in [1.165, 1.54) is 44.9 Å². The van der Waals surface area contributed by atoms with Crippen LogP contribution in [0.5, 0.6) is 0 Å². The molecule has 170 valence electrons. The van der Waals surface area contributed by atoms with Gasteiger partial charge in [-0.15, -0.1) is 0 Å². The van der Waals surface area contributed by atoms with Crippen LogP contribution in [0.15, 0.2) is 0 Å². The predicted molar refractivity (Wildman–Crippen MR) is 119 cm³/mol. The number of piperidine rings is 1. The van der Waals surface area contributed by atoms with Gasteiger partial charge in [0.05, 0.1) is 0 Å². The zero-order valence-corrected chi connectivity index (χ0v) is 19.6. The minimum absolute atomic E-state index is 0.140. The molecule has 2 N–H and O–H groups in total. The second-order valence-electron chi connectivity index (χ2n) is 11.9. The van der Waals surface area contributed by atoms with Crippen molar-refractivity contribution in [3.05, 3.63) is 0 Å². The lowest BCUT2D eigenvalue weighted by atomic mass is 9.44. The zero-order chi connectivity index (χ0) is 21.7. The van der Waals surface area contributed by atoms with Crippen molar-refractivity contribution in [2.75, 3.05) is 0 Å². The molecule has 4 fully saturated rings. The molecule has 1 heterocycles. The normalized spacial score (nSPS) is 46.3. The molecular weight excluding hydrogens is 374 g/mol. The van der Waals surface area contributed by atoms with E-state index in [1.807, 2.05) is 0 Å². The quantitative estimate of drug-likeness (QED) is 0.587. The number of rotatable bonds is 6. The smallest absolute Gasteiger partial charge is 0.303 e. The van der Waals surface area contributed by atoms with Crippen LogP contribution < -0.4 is 5.32 Å². The first-order chi connectivity index (χ1) is 14.2. The van der Waals surface area contributed by atoms with E-state index in [2.05, 4.69) is 33.0 Å². The van der Waals surface area contributed by atoms with Crippen molar-refractivity contribution in [2.24, 2.45) is 46.3 Å². The first-order valence-corrected chi connectivity index (χ1v) is 12.7. The fourth-order valence-corrected chi connectivity index (χ4v) is 8.99. The molecule has 0 spiro atoms. The Morgan fingerprint density at radius 2 is 1.90 bits per heavy atom. The number of carboxylic acids is 1. The molecular formula is C26H43NO3. The summed E-state index contributed by atoms with van der Waals surface area (Å²) < 4.78 is 0. The van der Waals surface area contributed by atoms with Crippen molar-refractivity contribution < 1.29 is 14.7 Å². The third kappa shape index (κ3) is 3.50. The highest BCUT2D eigenvalue weighted by Crippen LogP contribution is 2.68. The number of carbonyl (C=O) groups is 2. The van der Waals surface area contributed by atoms with E-state index in [0.29, 0.717) is 29.6 Å².